The van der Waals surface area contributed by atoms with Crippen LogP contribution in [0.1, 0.15) is 33.1 Å². The molecule has 0 aromatic heterocycles. The second-order valence-electron chi connectivity index (χ2n) is 4.08. The molecule has 1 atom stereocenters. The van der Waals surface area contributed by atoms with E-state index in [-0.39, 0.29) is 0 Å². The van der Waals surface area contributed by atoms with Gasteiger partial charge in [0.25, 0.3) is 0 Å². The first-order valence-corrected chi connectivity index (χ1v) is 8.16. The van der Waals surface area contributed by atoms with Crippen molar-refractivity contribution in [3.8, 4) is 0 Å². The number of hydrogen-bond donors (Lipinski definition) is 1. The molecule has 1 rings (SSSR count). The second-order valence-corrected chi connectivity index (χ2v) is 6.08. The van der Waals surface area contributed by atoms with E-state index in [0.717, 1.165) is 6.54 Å². The van der Waals surface area contributed by atoms with Gasteiger partial charge >= 0.3 is 0 Å². The van der Waals surface area contributed by atoms with Crippen molar-refractivity contribution in [2.45, 2.75) is 44.0 Å². The molecular formula is C14H22BrNS. The Labute approximate surface area is 118 Å². The minimum atomic E-state index is 0.694. The Morgan fingerprint density at radius 2 is 2.06 bits per heavy atom. The van der Waals surface area contributed by atoms with Gasteiger partial charge in [-0.15, -0.1) is 11.8 Å². The molecule has 0 aliphatic rings. The Morgan fingerprint density at radius 1 is 1.29 bits per heavy atom. The van der Waals surface area contributed by atoms with Crippen molar-refractivity contribution in [3.05, 3.63) is 28.7 Å². The highest BCUT2D eigenvalue weighted by atomic mass is 79.9. The third-order valence-corrected chi connectivity index (χ3v) is 4.89. The molecule has 0 aliphatic heterocycles. The Kier molecular flexibility index (Phi) is 7.99. The van der Waals surface area contributed by atoms with Gasteiger partial charge < -0.3 is 5.32 Å². The first kappa shape index (κ1) is 15.1. The summed E-state index contributed by atoms with van der Waals surface area (Å²) in [6, 6.07) is 9.14. The Hall–Kier alpha value is 0.01000. The Balaban J connectivity index is 2.22. The molecule has 1 N–H and O–H groups in total. The van der Waals surface area contributed by atoms with Crippen molar-refractivity contribution in [1.29, 1.82) is 0 Å². The molecule has 1 aromatic rings. The lowest BCUT2D eigenvalue weighted by molar-refractivity contribution is 0.477. The summed E-state index contributed by atoms with van der Waals surface area (Å²) in [5.41, 5.74) is 0. The van der Waals surface area contributed by atoms with Crippen LogP contribution in [0, 0.1) is 0 Å². The zero-order valence-electron chi connectivity index (χ0n) is 10.7. The van der Waals surface area contributed by atoms with Crippen LogP contribution in [0.25, 0.3) is 0 Å². The maximum Gasteiger partial charge on any atom is 0.0311 e. The average Bonchev–Trinajstić information content (AvgIpc) is 2.35. The molecular weight excluding hydrogens is 294 g/mol. The van der Waals surface area contributed by atoms with E-state index < -0.39 is 0 Å². The van der Waals surface area contributed by atoms with Gasteiger partial charge in [0.05, 0.1) is 0 Å². The fraction of sp³-hybridized carbons (Fsp3) is 0.571. The molecule has 0 fully saturated rings. The zero-order valence-corrected chi connectivity index (χ0v) is 13.1. The smallest absolute Gasteiger partial charge is 0.0311 e. The minimum Gasteiger partial charge on any atom is -0.314 e. The highest BCUT2D eigenvalue weighted by Gasteiger charge is 2.04. The maximum absolute atomic E-state index is 3.58. The summed E-state index contributed by atoms with van der Waals surface area (Å²) >= 11 is 5.53. The van der Waals surface area contributed by atoms with Crippen LogP contribution in [0.15, 0.2) is 33.6 Å². The number of nitrogens with one attached hydrogen (secondary N) is 1. The van der Waals surface area contributed by atoms with Crippen molar-refractivity contribution >= 4 is 27.7 Å². The van der Waals surface area contributed by atoms with Crippen LogP contribution >= 0.6 is 27.7 Å². The van der Waals surface area contributed by atoms with Crippen LogP contribution in [-0.2, 0) is 0 Å². The van der Waals surface area contributed by atoms with Gasteiger partial charge in [-0.2, -0.15) is 0 Å². The highest BCUT2D eigenvalue weighted by molar-refractivity contribution is 9.10. The molecule has 0 aliphatic carbocycles. The van der Waals surface area contributed by atoms with Crippen molar-refractivity contribution in [2.75, 3.05) is 12.3 Å². The maximum atomic E-state index is 3.58. The number of halogens is 1. The Bertz CT molecular complexity index is 317. The molecule has 0 spiro atoms. The molecule has 17 heavy (non-hydrogen) atoms. The zero-order chi connectivity index (χ0) is 12.5. The summed E-state index contributed by atoms with van der Waals surface area (Å²) in [4.78, 5) is 1.35. The molecule has 96 valence electrons. The summed E-state index contributed by atoms with van der Waals surface area (Å²) in [7, 11) is 0. The lowest BCUT2D eigenvalue weighted by Crippen LogP contribution is -2.28. The second kappa shape index (κ2) is 9.01. The lowest BCUT2D eigenvalue weighted by atomic mass is 10.1. The number of rotatable bonds is 8. The predicted molar refractivity (Wildman–Crippen MR) is 81.9 cm³/mol. The van der Waals surface area contributed by atoms with Gasteiger partial charge in [0, 0.05) is 15.4 Å². The molecule has 0 heterocycles. The van der Waals surface area contributed by atoms with Gasteiger partial charge in [-0.3, -0.25) is 0 Å². The molecule has 0 saturated carbocycles. The van der Waals surface area contributed by atoms with Gasteiger partial charge in [-0.25, -0.2) is 0 Å². The number of thioether (sulfide) groups is 1. The quantitative estimate of drug-likeness (QED) is 0.551. The van der Waals surface area contributed by atoms with Crippen LogP contribution in [-0.4, -0.2) is 18.3 Å². The van der Waals surface area contributed by atoms with E-state index in [0.29, 0.717) is 6.04 Å². The predicted octanol–water partition coefficient (Wildman–Crippen LogP) is 4.71. The fourth-order valence-corrected chi connectivity index (χ4v) is 3.35. The molecule has 0 saturated heterocycles. The first-order valence-electron chi connectivity index (χ1n) is 6.38. The SMILES string of the molecule is CCNC(CC)CCCSc1ccccc1Br. The summed E-state index contributed by atoms with van der Waals surface area (Å²) in [6.45, 7) is 5.52. The van der Waals surface area contributed by atoms with Gasteiger partial charge in [0.1, 0.15) is 0 Å². The van der Waals surface area contributed by atoms with E-state index in [1.165, 1.54) is 34.4 Å². The monoisotopic (exact) mass is 315 g/mol. The first-order chi connectivity index (χ1) is 8.27. The molecule has 0 radical (unpaired) electrons. The fourth-order valence-electron chi connectivity index (χ4n) is 1.81. The average molecular weight is 316 g/mol. The third-order valence-electron chi connectivity index (χ3n) is 2.78. The number of benzene rings is 1. The van der Waals surface area contributed by atoms with Crippen molar-refractivity contribution < 1.29 is 0 Å². The normalized spacial score (nSPS) is 12.6. The van der Waals surface area contributed by atoms with Gasteiger partial charge in [0.15, 0.2) is 0 Å². The minimum absolute atomic E-state index is 0.694. The van der Waals surface area contributed by atoms with E-state index >= 15 is 0 Å². The van der Waals surface area contributed by atoms with Gasteiger partial charge in [-0.1, -0.05) is 26.0 Å². The third kappa shape index (κ3) is 5.94. The van der Waals surface area contributed by atoms with Crippen molar-refractivity contribution in [1.82, 2.24) is 5.32 Å². The van der Waals surface area contributed by atoms with Gasteiger partial charge in [-0.05, 0) is 59.6 Å². The topological polar surface area (TPSA) is 12.0 Å². The van der Waals surface area contributed by atoms with E-state index in [1.54, 1.807) is 0 Å². The van der Waals surface area contributed by atoms with Crippen molar-refractivity contribution in [2.24, 2.45) is 0 Å². The molecule has 1 aromatic carbocycles. The van der Waals surface area contributed by atoms with Crippen LogP contribution in [0.2, 0.25) is 0 Å². The summed E-state index contributed by atoms with van der Waals surface area (Å²) in [5, 5.41) is 3.52. The standard InChI is InChI=1S/C14H22BrNS/c1-3-12(16-4-2)8-7-11-17-14-10-6-5-9-13(14)15/h5-6,9-10,12,16H,3-4,7-8,11H2,1-2H3. The molecule has 3 heteroatoms. The van der Waals surface area contributed by atoms with Crippen molar-refractivity contribution in [3.63, 3.8) is 0 Å². The van der Waals surface area contributed by atoms with E-state index in [2.05, 4.69) is 59.4 Å². The number of hydrogen-bond acceptors (Lipinski definition) is 2. The summed E-state index contributed by atoms with van der Waals surface area (Å²) < 4.78 is 1.21. The highest BCUT2D eigenvalue weighted by Crippen LogP contribution is 2.27. The largest absolute Gasteiger partial charge is 0.314 e. The van der Waals surface area contributed by atoms with E-state index in [4.69, 9.17) is 0 Å². The molecule has 1 unspecified atom stereocenters. The van der Waals surface area contributed by atoms with Gasteiger partial charge in [0.2, 0.25) is 0 Å². The molecule has 0 bridgehead atoms. The summed E-state index contributed by atoms with van der Waals surface area (Å²) in [5.74, 6) is 1.20. The van der Waals surface area contributed by atoms with E-state index in [1.807, 2.05) is 11.8 Å². The van der Waals surface area contributed by atoms with E-state index in [9.17, 15) is 0 Å². The summed E-state index contributed by atoms with van der Waals surface area (Å²) in [6.07, 6.45) is 3.78. The van der Waals surface area contributed by atoms with Crippen LogP contribution < -0.4 is 5.32 Å². The van der Waals surface area contributed by atoms with Crippen LogP contribution in [0.4, 0.5) is 0 Å². The molecule has 0 amide bonds. The Morgan fingerprint density at radius 3 is 2.71 bits per heavy atom. The van der Waals surface area contributed by atoms with Crippen LogP contribution in [0.5, 0.6) is 0 Å². The lowest BCUT2D eigenvalue weighted by Gasteiger charge is -2.15. The van der Waals surface area contributed by atoms with Crippen LogP contribution in [0.3, 0.4) is 0 Å². The molecule has 1 nitrogen and oxygen atoms in total.